The molecule has 2 aromatic heterocycles. The fraction of sp³-hybridized carbons (Fsp3) is 0.250. The van der Waals surface area contributed by atoms with Crippen molar-refractivity contribution < 1.29 is 0 Å². The van der Waals surface area contributed by atoms with Gasteiger partial charge in [0.15, 0.2) is 5.65 Å². The smallest absolute Gasteiger partial charge is 0.218 e. The number of hydrogen-bond donors (Lipinski definition) is 1. The first kappa shape index (κ1) is 8.65. The van der Waals surface area contributed by atoms with Crippen molar-refractivity contribution in [1.82, 2.24) is 14.6 Å². The molecule has 0 atom stereocenters. The highest BCUT2D eigenvalue weighted by molar-refractivity contribution is 9.10. The standard InChI is InChI=1S/C8H9BrN4/c9-8-11-7-2-1-6(3-4-10)5-13(7)12-8/h1-2,5H,3-4,10H2. The van der Waals surface area contributed by atoms with Gasteiger partial charge < -0.3 is 5.73 Å². The Morgan fingerprint density at radius 3 is 3.08 bits per heavy atom. The van der Waals surface area contributed by atoms with Crippen LogP contribution >= 0.6 is 15.9 Å². The Morgan fingerprint density at radius 1 is 1.46 bits per heavy atom. The molecule has 0 bridgehead atoms. The lowest BCUT2D eigenvalue weighted by atomic mass is 10.2. The van der Waals surface area contributed by atoms with Gasteiger partial charge in [-0.05, 0) is 40.5 Å². The molecule has 2 aromatic rings. The number of nitrogens with zero attached hydrogens (tertiary/aromatic N) is 3. The molecule has 0 aliphatic heterocycles. The van der Waals surface area contributed by atoms with Gasteiger partial charge in [-0.1, -0.05) is 6.07 Å². The van der Waals surface area contributed by atoms with Crippen molar-refractivity contribution >= 4 is 21.6 Å². The summed E-state index contributed by atoms with van der Waals surface area (Å²) in [6, 6.07) is 3.95. The third kappa shape index (κ3) is 1.71. The Hall–Kier alpha value is -0.940. The zero-order chi connectivity index (χ0) is 9.26. The molecule has 0 radical (unpaired) electrons. The number of halogens is 1. The van der Waals surface area contributed by atoms with Crippen molar-refractivity contribution in [2.45, 2.75) is 6.42 Å². The Labute approximate surface area is 83.9 Å². The minimum absolute atomic E-state index is 0.609. The third-order valence-corrected chi connectivity index (χ3v) is 2.14. The molecule has 0 saturated carbocycles. The molecule has 2 N–H and O–H groups in total. The van der Waals surface area contributed by atoms with Gasteiger partial charge in [0.05, 0.1) is 0 Å². The highest BCUT2D eigenvalue weighted by atomic mass is 79.9. The molecule has 4 nitrogen and oxygen atoms in total. The molecule has 0 saturated heterocycles. The molecule has 0 amide bonds. The van der Waals surface area contributed by atoms with Crippen molar-refractivity contribution in [3.05, 3.63) is 28.6 Å². The Morgan fingerprint density at radius 2 is 2.31 bits per heavy atom. The van der Waals surface area contributed by atoms with E-state index in [2.05, 4.69) is 26.0 Å². The van der Waals surface area contributed by atoms with Crippen LogP contribution in [0.2, 0.25) is 0 Å². The van der Waals surface area contributed by atoms with E-state index in [0.717, 1.165) is 12.1 Å². The zero-order valence-corrected chi connectivity index (χ0v) is 8.53. The van der Waals surface area contributed by atoms with Gasteiger partial charge in [0.25, 0.3) is 0 Å². The van der Waals surface area contributed by atoms with Crippen LogP contribution in [0.1, 0.15) is 5.56 Å². The molecule has 0 spiro atoms. The fourth-order valence-corrected chi connectivity index (χ4v) is 1.57. The van der Waals surface area contributed by atoms with Crippen LogP contribution in [0.25, 0.3) is 5.65 Å². The summed E-state index contributed by atoms with van der Waals surface area (Å²) in [4.78, 5) is 4.15. The Kier molecular flexibility index (Phi) is 2.28. The minimum Gasteiger partial charge on any atom is -0.330 e. The van der Waals surface area contributed by atoms with Crippen LogP contribution in [-0.4, -0.2) is 21.1 Å². The number of pyridine rings is 1. The highest BCUT2D eigenvalue weighted by Crippen LogP contribution is 2.08. The molecule has 0 aromatic carbocycles. The first-order valence-corrected chi connectivity index (χ1v) is 4.80. The topological polar surface area (TPSA) is 56.2 Å². The van der Waals surface area contributed by atoms with Gasteiger partial charge >= 0.3 is 0 Å². The molecule has 5 heteroatoms. The molecule has 0 aliphatic rings. The summed E-state index contributed by atoms with van der Waals surface area (Å²) >= 11 is 3.22. The monoisotopic (exact) mass is 240 g/mol. The summed E-state index contributed by atoms with van der Waals surface area (Å²) in [5.41, 5.74) is 7.47. The number of nitrogens with two attached hydrogens (primary N) is 1. The first-order chi connectivity index (χ1) is 6.29. The second-order valence-corrected chi connectivity index (χ2v) is 3.47. The number of hydrogen-bond acceptors (Lipinski definition) is 3. The second kappa shape index (κ2) is 3.43. The van der Waals surface area contributed by atoms with Gasteiger partial charge in [0.2, 0.25) is 4.73 Å². The summed E-state index contributed by atoms with van der Waals surface area (Å²) in [7, 11) is 0. The summed E-state index contributed by atoms with van der Waals surface area (Å²) in [5, 5.41) is 4.14. The van der Waals surface area contributed by atoms with Crippen LogP contribution in [-0.2, 0) is 6.42 Å². The summed E-state index contributed by atoms with van der Waals surface area (Å²) in [6.07, 6.45) is 2.81. The maximum absolute atomic E-state index is 5.46. The lowest BCUT2D eigenvalue weighted by Crippen LogP contribution is -2.03. The van der Waals surface area contributed by atoms with E-state index in [4.69, 9.17) is 5.73 Å². The van der Waals surface area contributed by atoms with Crippen LogP contribution in [0.4, 0.5) is 0 Å². The summed E-state index contributed by atoms with van der Waals surface area (Å²) < 4.78 is 2.35. The normalized spacial score (nSPS) is 10.9. The Balaban J connectivity index is 2.48. The minimum atomic E-state index is 0.609. The van der Waals surface area contributed by atoms with Crippen molar-refractivity contribution in [1.29, 1.82) is 0 Å². The van der Waals surface area contributed by atoms with E-state index in [1.54, 1.807) is 4.52 Å². The van der Waals surface area contributed by atoms with Crippen LogP contribution in [0.3, 0.4) is 0 Å². The van der Waals surface area contributed by atoms with Crippen LogP contribution < -0.4 is 5.73 Å². The van der Waals surface area contributed by atoms with Gasteiger partial charge in [-0.25, -0.2) is 9.50 Å². The Bertz CT molecular complexity index is 423. The van der Waals surface area contributed by atoms with E-state index in [1.165, 1.54) is 5.56 Å². The van der Waals surface area contributed by atoms with E-state index >= 15 is 0 Å². The van der Waals surface area contributed by atoms with Crippen molar-refractivity contribution in [3.63, 3.8) is 0 Å². The first-order valence-electron chi connectivity index (χ1n) is 4.00. The number of fused-ring (bicyclic) bond motifs is 1. The van der Waals surface area contributed by atoms with Gasteiger partial charge in [-0.15, -0.1) is 5.10 Å². The third-order valence-electron chi connectivity index (χ3n) is 1.80. The van der Waals surface area contributed by atoms with Crippen LogP contribution in [0.15, 0.2) is 23.1 Å². The van der Waals surface area contributed by atoms with Crippen molar-refractivity contribution in [2.75, 3.05) is 6.54 Å². The van der Waals surface area contributed by atoms with Gasteiger partial charge in [-0.3, -0.25) is 0 Å². The molecule has 0 fully saturated rings. The van der Waals surface area contributed by atoms with Gasteiger partial charge in [-0.2, -0.15) is 0 Å². The average Bonchev–Trinajstić information content (AvgIpc) is 2.44. The van der Waals surface area contributed by atoms with Crippen molar-refractivity contribution in [2.24, 2.45) is 5.73 Å². The van der Waals surface area contributed by atoms with Crippen LogP contribution in [0.5, 0.6) is 0 Å². The molecule has 13 heavy (non-hydrogen) atoms. The lowest BCUT2D eigenvalue weighted by molar-refractivity contribution is 0.899. The molecule has 0 aliphatic carbocycles. The van der Waals surface area contributed by atoms with Crippen molar-refractivity contribution in [3.8, 4) is 0 Å². The number of aromatic nitrogens is 3. The maximum atomic E-state index is 5.46. The SMILES string of the molecule is NCCc1ccc2nc(Br)nn2c1. The fourth-order valence-electron chi connectivity index (χ4n) is 1.21. The predicted molar refractivity (Wildman–Crippen MR) is 53.4 cm³/mol. The second-order valence-electron chi connectivity index (χ2n) is 2.76. The molecule has 2 rings (SSSR count). The largest absolute Gasteiger partial charge is 0.330 e. The maximum Gasteiger partial charge on any atom is 0.218 e. The molecular formula is C8H9BrN4. The van der Waals surface area contributed by atoms with E-state index in [-0.39, 0.29) is 0 Å². The molecular weight excluding hydrogens is 232 g/mol. The van der Waals surface area contributed by atoms with E-state index in [1.807, 2.05) is 18.3 Å². The van der Waals surface area contributed by atoms with E-state index in [9.17, 15) is 0 Å². The molecule has 2 heterocycles. The zero-order valence-electron chi connectivity index (χ0n) is 6.94. The van der Waals surface area contributed by atoms with E-state index in [0.29, 0.717) is 11.3 Å². The van der Waals surface area contributed by atoms with Gasteiger partial charge in [0.1, 0.15) is 0 Å². The van der Waals surface area contributed by atoms with Gasteiger partial charge in [0, 0.05) is 6.20 Å². The summed E-state index contributed by atoms with van der Waals surface area (Å²) in [5.74, 6) is 0. The highest BCUT2D eigenvalue weighted by Gasteiger charge is 2.00. The predicted octanol–water partition coefficient (Wildman–Crippen LogP) is 0.993. The quantitative estimate of drug-likeness (QED) is 0.853. The average molecular weight is 241 g/mol. The van der Waals surface area contributed by atoms with E-state index < -0.39 is 0 Å². The lowest BCUT2D eigenvalue weighted by Gasteiger charge is -1.97. The molecule has 0 unspecified atom stereocenters. The summed E-state index contributed by atoms with van der Waals surface area (Å²) in [6.45, 7) is 0.654. The van der Waals surface area contributed by atoms with Crippen LogP contribution in [0, 0.1) is 0 Å². The number of rotatable bonds is 2. The molecule has 68 valence electrons.